The summed E-state index contributed by atoms with van der Waals surface area (Å²) < 4.78 is 90.4. The number of amidine groups is 1. The molecule has 0 radical (unpaired) electrons. The molecule has 14 heteroatoms. The van der Waals surface area contributed by atoms with Crippen LogP contribution in [0, 0.1) is 24.4 Å². The molecule has 1 aliphatic rings. The van der Waals surface area contributed by atoms with Gasteiger partial charge in [-0.3, -0.25) is 19.5 Å². The van der Waals surface area contributed by atoms with Crippen LogP contribution in [-0.2, 0) is 9.53 Å². The van der Waals surface area contributed by atoms with Crippen LogP contribution in [-0.4, -0.2) is 62.6 Å². The fraction of sp³-hybridized carbons (Fsp3) is 0.318. The highest BCUT2D eigenvalue weighted by Crippen LogP contribution is 2.32. The number of morpholine rings is 1. The number of anilines is 2. The Morgan fingerprint density at radius 2 is 1.89 bits per heavy atom. The fourth-order valence-electron chi connectivity index (χ4n) is 3.18. The van der Waals surface area contributed by atoms with Crippen molar-refractivity contribution in [1.29, 1.82) is 0 Å². The minimum Gasteiger partial charge on any atom is -0.483 e. The van der Waals surface area contributed by atoms with Crippen LogP contribution in [0.5, 0.6) is 5.75 Å². The zero-order valence-electron chi connectivity index (χ0n) is 19.0. The second kappa shape index (κ2) is 10.8. The number of halogens is 6. The molecule has 2 amide bonds. The van der Waals surface area contributed by atoms with Crippen molar-refractivity contribution in [1.82, 2.24) is 4.90 Å². The average Bonchev–Trinajstić information content (AvgIpc) is 2.81. The summed E-state index contributed by atoms with van der Waals surface area (Å²) in [5.74, 6) is -5.18. The third kappa shape index (κ3) is 6.44. The van der Waals surface area contributed by atoms with Gasteiger partial charge >= 0.3 is 6.18 Å². The number of carbonyl (C=O) groups is 2. The van der Waals surface area contributed by atoms with E-state index in [1.54, 1.807) is 0 Å². The Kier molecular flexibility index (Phi) is 8.07. The number of alkyl halides is 3. The van der Waals surface area contributed by atoms with Gasteiger partial charge in [0, 0.05) is 24.9 Å². The van der Waals surface area contributed by atoms with E-state index in [0.29, 0.717) is 18.5 Å². The molecular weight excluding hydrogens is 498 g/mol. The minimum atomic E-state index is -4.78. The molecule has 0 atom stereocenters. The van der Waals surface area contributed by atoms with Crippen molar-refractivity contribution in [2.75, 3.05) is 43.7 Å². The molecule has 2 aromatic carbocycles. The van der Waals surface area contributed by atoms with Gasteiger partial charge in [0.25, 0.3) is 5.91 Å². The normalized spacial score (nSPS) is 15.1. The van der Waals surface area contributed by atoms with Crippen molar-refractivity contribution in [3.8, 4) is 5.75 Å². The van der Waals surface area contributed by atoms with Crippen LogP contribution in [0.15, 0.2) is 29.4 Å². The molecule has 0 unspecified atom stereocenters. The summed E-state index contributed by atoms with van der Waals surface area (Å²) in [7, 11) is 1.26. The Morgan fingerprint density at radius 3 is 2.56 bits per heavy atom. The smallest absolute Gasteiger partial charge is 0.422 e. The number of amides is 2. The summed E-state index contributed by atoms with van der Waals surface area (Å²) in [5.41, 5.74) is -1.08. The molecule has 0 aromatic heterocycles. The summed E-state index contributed by atoms with van der Waals surface area (Å²) in [6, 6.07) is 2.93. The number of hydrogen-bond donors (Lipinski definition) is 1. The SMILES string of the molecule is Cc1cc(F)c(F)cc1NC(=O)c1cc(F)c(N(C)/N=C2/COCCN2C=O)cc1OCC(F)(F)F. The summed E-state index contributed by atoms with van der Waals surface area (Å²) in [4.78, 5) is 25.2. The van der Waals surface area contributed by atoms with E-state index in [1.165, 1.54) is 18.9 Å². The number of benzene rings is 2. The summed E-state index contributed by atoms with van der Waals surface area (Å²) in [5, 5.41) is 7.22. The van der Waals surface area contributed by atoms with E-state index in [4.69, 9.17) is 9.47 Å². The van der Waals surface area contributed by atoms with Crippen LogP contribution in [0.1, 0.15) is 15.9 Å². The predicted molar refractivity (Wildman–Crippen MR) is 116 cm³/mol. The van der Waals surface area contributed by atoms with Gasteiger partial charge in [0.15, 0.2) is 24.1 Å². The second-order valence-electron chi connectivity index (χ2n) is 7.63. The highest BCUT2D eigenvalue weighted by Gasteiger charge is 2.30. The van der Waals surface area contributed by atoms with E-state index in [-0.39, 0.29) is 42.5 Å². The van der Waals surface area contributed by atoms with E-state index in [2.05, 4.69) is 10.4 Å². The zero-order chi connectivity index (χ0) is 26.6. The molecule has 1 saturated heterocycles. The maximum atomic E-state index is 15.0. The summed E-state index contributed by atoms with van der Waals surface area (Å²) >= 11 is 0. The Morgan fingerprint density at radius 1 is 1.19 bits per heavy atom. The van der Waals surface area contributed by atoms with Crippen LogP contribution in [0.4, 0.5) is 37.7 Å². The van der Waals surface area contributed by atoms with Crippen LogP contribution in [0.25, 0.3) is 0 Å². The van der Waals surface area contributed by atoms with Gasteiger partial charge in [0.05, 0.1) is 24.4 Å². The van der Waals surface area contributed by atoms with Gasteiger partial charge in [-0.2, -0.15) is 18.3 Å². The standard InChI is InChI=1S/C22H20F6N4O4/c1-12-5-14(23)15(24)7-17(12)29-21(34)13-6-16(25)18(8-19(13)36-10-22(26,27)28)31(2)30-20-9-35-4-3-32(20)11-33/h5-8,11H,3-4,9-10H2,1-2H3,(H,29,34)/b30-20-. The first-order valence-electron chi connectivity index (χ1n) is 10.3. The lowest BCUT2D eigenvalue weighted by Gasteiger charge is -2.26. The molecule has 3 rings (SSSR count). The first-order chi connectivity index (χ1) is 16.9. The lowest BCUT2D eigenvalue weighted by atomic mass is 10.1. The predicted octanol–water partition coefficient (Wildman–Crippen LogP) is 3.84. The molecule has 1 fully saturated rings. The monoisotopic (exact) mass is 518 g/mol. The first-order valence-corrected chi connectivity index (χ1v) is 10.3. The molecule has 1 N–H and O–H groups in total. The summed E-state index contributed by atoms with van der Waals surface area (Å²) in [6.07, 6.45) is -4.29. The highest BCUT2D eigenvalue weighted by atomic mass is 19.4. The molecular formula is C22H20F6N4O4. The first kappa shape index (κ1) is 26.8. The van der Waals surface area contributed by atoms with Crippen molar-refractivity contribution < 1.29 is 45.4 Å². The van der Waals surface area contributed by atoms with Gasteiger partial charge in [-0.1, -0.05) is 0 Å². The van der Waals surface area contributed by atoms with E-state index in [0.717, 1.165) is 17.1 Å². The lowest BCUT2D eigenvalue weighted by Crippen LogP contribution is -2.42. The topological polar surface area (TPSA) is 83.5 Å². The number of ether oxygens (including phenoxy) is 2. The van der Waals surface area contributed by atoms with Gasteiger partial charge in [-0.15, -0.1) is 0 Å². The van der Waals surface area contributed by atoms with Crippen LogP contribution < -0.4 is 15.1 Å². The van der Waals surface area contributed by atoms with Gasteiger partial charge in [0.2, 0.25) is 6.41 Å². The number of nitrogens with one attached hydrogen (secondary N) is 1. The third-order valence-corrected chi connectivity index (χ3v) is 4.98. The Hall–Kier alpha value is -3.81. The van der Waals surface area contributed by atoms with E-state index in [1.807, 2.05) is 0 Å². The van der Waals surface area contributed by atoms with Crippen LogP contribution >= 0.6 is 0 Å². The highest BCUT2D eigenvalue weighted by molar-refractivity contribution is 6.07. The number of nitrogens with zero attached hydrogens (tertiary/aromatic N) is 3. The zero-order valence-corrected chi connectivity index (χ0v) is 19.0. The van der Waals surface area contributed by atoms with Crippen molar-refractivity contribution in [3.63, 3.8) is 0 Å². The molecule has 0 saturated carbocycles. The van der Waals surface area contributed by atoms with Crippen LogP contribution in [0.2, 0.25) is 0 Å². The molecule has 2 aromatic rings. The molecule has 194 valence electrons. The quantitative estimate of drug-likeness (QED) is 0.342. The minimum absolute atomic E-state index is 0.0732. The molecule has 0 aliphatic carbocycles. The maximum absolute atomic E-state index is 15.0. The molecule has 1 aliphatic heterocycles. The van der Waals surface area contributed by atoms with Gasteiger partial charge in [-0.05, 0) is 24.6 Å². The molecule has 36 heavy (non-hydrogen) atoms. The fourth-order valence-corrected chi connectivity index (χ4v) is 3.18. The Balaban J connectivity index is 1.98. The van der Waals surface area contributed by atoms with E-state index >= 15 is 0 Å². The molecule has 8 nitrogen and oxygen atoms in total. The number of hydrogen-bond acceptors (Lipinski definition) is 6. The van der Waals surface area contributed by atoms with E-state index < -0.39 is 47.5 Å². The third-order valence-electron chi connectivity index (χ3n) is 4.98. The summed E-state index contributed by atoms with van der Waals surface area (Å²) in [6.45, 7) is -0.0635. The van der Waals surface area contributed by atoms with Crippen molar-refractivity contribution in [2.45, 2.75) is 13.1 Å². The Bertz CT molecular complexity index is 1190. The molecule has 0 bridgehead atoms. The van der Waals surface area contributed by atoms with Gasteiger partial charge in [-0.25, -0.2) is 13.2 Å². The molecule has 1 heterocycles. The van der Waals surface area contributed by atoms with Crippen LogP contribution in [0.3, 0.4) is 0 Å². The van der Waals surface area contributed by atoms with Gasteiger partial charge < -0.3 is 14.8 Å². The van der Waals surface area contributed by atoms with Gasteiger partial charge in [0.1, 0.15) is 18.2 Å². The van der Waals surface area contributed by atoms with E-state index in [9.17, 15) is 35.9 Å². The average molecular weight is 518 g/mol. The second-order valence-corrected chi connectivity index (χ2v) is 7.63. The number of rotatable bonds is 7. The maximum Gasteiger partial charge on any atom is 0.422 e. The van der Waals surface area contributed by atoms with Crippen molar-refractivity contribution in [3.05, 3.63) is 52.8 Å². The molecule has 0 spiro atoms. The Labute approximate surface area is 201 Å². The number of carbonyl (C=O) groups excluding carboxylic acids is 2. The lowest BCUT2D eigenvalue weighted by molar-refractivity contribution is -0.153. The largest absolute Gasteiger partial charge is 0.483 e. The number of aryl methyl sites for hydroxylation is 1. The van der Waals surface area contributed by atoms with Crippen molar-refractivity contribution in [2.24, 2.45) is 5.10 Å². The number of hydrazone groups is 1. The van der Waals surface area contributed by atoms with Crippen molar-refractivity contribution >= 4 is 29.5 Å².